The zero-order chi connectivity index (χ0) is 26.6. The van der Waals surface area contributed by atoms with Gasteiger partial charge in [0, 0.05) is 28.8 Å². The summed E-state index contributed by atoms with van der Waals surface area (Å²) in [5.74, 6) is -0.235. The topological polar surface area (TPSA) is 88.1 Å². The van der Waals surface area contributed by atoms with Gasteiger partial charge in [-0.1, -0.05) is 30.3 Å². The van der Waals surface area contributed by atoms with E-state index in [4.69, 9.17) is 18.9 Å². The van der Waals surface area contributed by atoms with E-state index < -0.39 is 23.5 Å². The second kappa shape index (κ2) is 8.93. The van der Waals surface area contributed by atoms with Crippen molar-refractivity contribution in [2.45, 2.75) is 5.60 Å². The number of rotatable bonds is 4. The third-order valence-corrected chi connectivity index (χ3v) is 8.22. The highest BCUT2D eigenvalue weighted by molar-refractivity contribution is 7.12. The molecule has 0 radical (unpaired) electrons. The minimum atomic E-state index is -1.30. The van der Waals surface area contributed by atoms with E-state index in [1.165, 1.54) is 22.7 Å². The van der Waals surface area contributed by atoms with E-state index in [1.807, 2.05) is 12.1 Å². The number of carbonyl (C=O) groups is 3. The van der Waals surface area contributed by atoms with Crippen molar-refractivity contribution in [3.8, 4) is 23.0 Å². The Morgan fingerprint density at radius 3 is 1.77 bits per heavy atom. The molecule has 2 aliphatic rings. The first-order valence-electron chi connectivity index (χ1n) is 11.8. The van der Waals surface area contributed by atoms with Gasteiger partial charge in [-0.2, -0.15) is 0 Å². The molecule has 0 aliphatic carbocycles. The Morgan fingerprint density at radius 1 is 0.667 bits per heavy atom. The SMILES string of the molecule is O=C(Oc1ccc2c(c1)Oc1cc(OC(=O)c3cccs3)ccc1C21OC(=O)c2ccccc21)c1cccs1. The van der Waals surface area contributed by atoms with E-state index in [0.29, 0.717) is 43.5 Å². The standard InChI is InChI=1S/C30H16O7S2/c31-27-19-5-1-2-6-20(19)30(37-27)21-11-9-17(34-28(32)25-7-3-13-38-25)15-23(21)36-24-16-18(10-12-22(24)30)35-29(33)26-8-4-14-39-26/h1-16H. The van der Waals surface area contributed by atoms with Crippen LogP contribution in [0.2, 0.25) is 0 Å². The van der Waals surface area contributed by atoms with Crippen LogP contribution in [0.1, 0.15) is 46.4 Å². The first kappa shape index (κ1) is 23.4. The summed E-state index contributed by atoms with van der Waals surface area (Å²) in [7, 11) is 0. The van der Waals surface area contributed by atoms with Crippen molar-refractivity contribution >= 4 is 40.6 Å². The molecule has 0 saturated carbocycles. The Hall–Kier alpha value is -4.73. The molecule has 0 atom stereocenters. The lowest BCUT2D eigenvalue weighted by atomic mass is 9.77. The molecule has 0 N–H and O–H groups in total. The van der Waals surface area contributed by atoms with Gasteiger partial charge in [0.2, 0.25) is 0 Å². The number of ether oxygens (including phenoxy) is 4. The molecule has 2 aliphatic heterocycles. The van der Waals surface area contributed by atoms with Crippen LogP contribution in [0.4, 0.5) is 0 Å². The van der Waals surface area contributed by atoms with E-state index in [-0.39, 0.29) is 11.5 Å². The highest BCUT2D eigenvalue weighted by Gasteiger charge is 2.53. The van der Waals surface area contributed by atoms with E-state index in [9.17, 15) is 14.4 Å². The molecule has 1 spiro atoms. The minimum Gasteiger partial charge on any atom is -0.456 e. The molecule has 7 rings (SSSR count). The van der Waals surface area contributed by atoms with Crippen molar-refractivity contribution in [3.05, 3.63) is 128 Å². The van der Waals surface area contributed by atoms with E-state index in [1.54, 1.807) is 83.6 Å². The van der Waals surface area contributed by atoms with Crippen molar-refractivity contribution in [3.63, 3.8) is 0 Å². The highest BCUT2D eigenvalue weighted by atomic mass is 32.1. The fourth-order valence-electron chi connectivity index (χ4n) is 4.87. The Kier molecular flexibility index (Phi) is 5.36. The second-order valence-corrected chi connectivity index (χ2v) is 10.7. The van der Waals surface area contributed by atoms with Crippen LogP contribution >= 0.6 is 22.7 Å². The zero-order valence-electron chi connectivity index (χ0n) is 19.9. The van der Waals surface area contributed by atoms with Crippen LogP contribution in [0.5, 0.6) is 23.0 Å². The Labute approximate surface area is 229 Å². The molecule has 2 aromatic heterocycles. The molecular formula is C30H16O7S2. The fraction of sp³-hybridized carbons (Fsp3) is 0.0333. The molecule has 0 unspecified atom stereocenters. The van der Waals surface area contributed by atoms with Gasteiger partial charge in [-0.25, -0.2) is 14.4 Å². The number of carbonyl (C=O) groups excluding carboxylic acids is 3. The number of hydrogen-bond donors (Lipinski definition) is 0. The molecular weight excluding hydrogens is 536 g/mol. The summed E-state index contributed by atoms with van der Waals surface area (Å²) < 4.78 is 23.6. The van der Waals surface area contributed by atoms with Gasteiger partial charge in [0.15, 0.2) is 5.60 Å². The van der Waals surface area contributed by atoms with Crippen LogP contribution in [0.3, 0.4) is 0 Å². The third-order valence-electron chi connectivity index (χ3n) is 6.52. The molecule has 9 heteroatoms. The molecule has 4 heterocycles. The average Bonchev–Trinajstić information content (AvgIpc) is 3.71. The molecule has 39 heavy (non-hydrogen) atoms. The molecule has 3 aromatic carbocycles. The van der Waals surface area contributed by atoms with E-state index in [0.717, 1.165) is 0 Å². The maximum Gasteiger partial charge on any atom is 0.353 e. The highest BCUT2D eigenvalue weighted by Crippen LogP contribution is 2.57. The summed E-state index contributed by atoms with van der Waals surface area (Å²) in [5, 5.41) is 3.59. The Bertz CT molecular complexity index is 1670. The zero-order valence-corrected chi connectivity index (χ0v) is 21.5. The minimum absolute atomic E-state index is 0.267. The van der Waals surface area contributed by atoms with Gasteiger partial charge in [-0.3, -0.25) is 0 Å². The van der Waals surface area contributed by atoms with E-state index >= 15 is 0 Å². The number of thiophene rings is 2. The first-order valence-corrected chi connectivity index (χ1v) is 13.6. The summed E-state index contributed by atoms with van der Waals surface area (Å²) in [5.41, 5.74) is 0.952. The second-order valence-electron chi connectivity index (χ2n) is 8.77. The van der Waals surface area contributed by atoms with Crippen molar-refractivity contribution in [2.75, 3.05) is 0 Å². The van der Waals surface area contributed by atoms with Gasteiger partial charge in [0.05, 0.1) is 5.56 Å². The van der Waals surface area contributed by atoms with Crippen LogP contribution in [0.15, 0.2) is 95.7 Å². The molecule has 0 bridgehead atoms. The summed E-state index contributed by atoms with van der Waals surface area (Å²) in [6, 6.07) is 24.0. The van der Waals surface area contributed by atoms with E-state index in [2.05, 4.69) is 0 Å². The maximum atomic E-state index is 13.0. The van der Waals surface area contributed by atoms with Crippen LogP contribution in [-0.2, 0) is 10.3 Å². The number of benzene rings is 3. The fourth-order valence-corrected chi connectivity index (χ4v) is 6.07. The average molecular weight is 553 g/mol. The smallest absolute Gasteiger partial charge is 0.353 e. The Balaban J connectivity index is 1.34. The van der Waals surface area contributed by atoms with Crippen molar-refractivity contribution < 1.29 is 33.3 Å². The lowest BCUT2D eigenvalue weighted by Crippen LogP contribution is -2.33. The normalized spacial score (nSPS) is 14.0. The van der Waals surface area contributed by atoms with Gasteiger partial charge >= 0.3 is 17.9 Å². The molecule has 0 fully saturated rings. The molecule has 0 amide bonds. The molecule has 190 valence electrons. The largest absolute Gasteiger partial charge is 0.456 e. The predicted octanol–water partition coefficient (Wildman–Crippen LogP) is 6.82. The number of esters is 3. The van der Waals surface area contributed by atoms with Crippen molar-refractivity contribution in [1.82, 2.24) is 0 Å². The summed E-state index contributed by atoms with van der Waals surface area (Å²) in [6.45, 7) is 0. The molecule has 5 aromatic rings. The van der Waals surface area contributed by atoms with Gasteiger partial charge in [-0.05, 0) is 53.2 Å². The first-order chi connectivity index (χ1) is 19.0. The quantitative estimate of drug-likeness (QED) is 0.179. The summed E-state index contributed by atoms with van der Waals surface area (Å²) in [6.07, 6.45) is 0. The van der Waals surface area contributed by atoms with Gasteiger partial charge in [-0.15, -0.1) is 22.7 Å². The predicted molar refractivity (Wildman–Crippen MR) is 143 cm³/mol. The van der Waals surface area contributed by atoms with Crippen LogP contribution in [-0.4, -0.2) is 17.9 Å². The number of fused-ring (bicyclic) bond motifs is 6. The van der Waals surface area contributed by atoms with Gasteiger partial charge < -0.3 is 18.9 Å². The van der Waals surface area contributed by atoms with Gasteiger partial charge in [0.25, 0.3) is 0 Å². The summed E-state index contributed by atoms with van der Waals surface area (Å²) >= 11 is 2.56. The van der Waals surface area contributed by atoms with Crippen LogP contribution in [0, 0.1) is 0 Å². The molecule has 0 saturated heterocycles. The Morgan fingerprint density at radius 2 is 1.23 bits per heavy atom. The number of hydrogen-bond acceptors (Lipinski definition) is 9. The monoisotopic (exact) mass is 552 g/mol. The lowest BCUT2D eigenvalue weighted by molar-refractivity contribution is 0.0224. The maximum absolute atomic E-state index is 13.0. The van der Waals surface area contributed by atoms with Crippen molar-refractivity contribution in [1.29, 1.82) is 0 Å². The van der Waals surface area contributed by atoms with Crippen molar-refractivity contribution in [2.24, 2.45) is 0 Å². The van der Waals surface area contributed by atoms with Crippen LogP contribution in [0.25, 0.3) is 0 Å². The lowest BCUT2D eigenvalue weighted by Gasteiger charge is -2.36. The summed E-state index contributed by atoms with van der Waals surface area (Å²) in [4.78, 5) is 39.1. The van der Waals surface area contributed by atoms with Crippen LogP contribution < -0.4 is 14.2 Å². The molecule has 7 nitrogen and oxygen atoms in total. The third kappa shape index (κ3) is 3.74. The van der Waals surface area contributed by atoms with Gasteiger partial charge in [0.1, 0.15) is 32.8 Å².